The summed E-state index contributed by atoms with van der Waals surface area (Å²) in [5.74, 6) is -4.41. The molecule has 2 aromatic rings. The summed E-state index contributed by atoms with van der Waals surface area (Å²) in [5.41, 5.74) is 0.664. The highest BCUT2D eigenvalue weighted by Crippen LogP contribution is 2.34. The fraction of sp³-hybridized carbons (Fsp3) is 0.407. The molecule has 0 radical (unpaired) electrons. The number of nitrogens with one attached hydrogen (secondary N) is 1. The maximum absolute atomic E-state index is 13.1. The van der Waals surface area contributed by atoms with Gasteiger partial charge in [0.1, 0.15) is 15.9 Å². The highest BCUT2D eigenvalue weighted by atomic mass is 32.1. The van der Waals surface area contributed by atoms with E-state index >= 15 is 0 Å². The van der Waals surface area contributed by atoms with Gasteiger partial charge in [0.05, 0.1) is 29.9 Å². The monoisotopic (exact) mass is 558 g/mol. The van der Waals surface area contributed by atoms with Gasteiger partial charge in [-0.15, -0.1) is 11.3 Å². The molecule has 1 N–H and O–H groups in total. The number of ether oxygens (including phenoxy) is 3. The second kappa shape index (κ2) is 12.7. The van der Waals surface area contributed by atoms with E-state index in [4.69, 9.17) is 14.2 Å². The summed E-state index contributed by atoms with van der Waals surface area (Å²) >= 11 is 0.834. The Hall–Kier alpha value is -4.06. The fourth-order valence-electron chi connectivity index (χ4n) is 4.08. The molecule has 0 aliphatic carbocycles. The molecule has 12 heteroatoms. The van der Waals surface area contributed by atoms with E-state index in [1.54, 1.807) is 26.0 Å². The van der Waals surface area contributed by atoms with E-state index in [9.17, 15) is 28.8 Å². The summed E-state index contributed by atoms with van der Waals surface area (Å²) in [6, 6.07) is 5.03. The summed E-state index contributed by atoms with van der Waals surface area (Å²) in [7, 11) is 0. The number of imide groups is 1. The van der Waals surface area contributed by atoms with Crippen molar-refractivity contribution in [3.05, 3.63) is 51.4 Å². The van der Waals surface area contributed by atoms with Gasteiger partial charge in [-0.3, -0.25) is 19.3 Å². The van der Waals surface area contributed by atoms with E-state index in [0.29, 0.717) is 0 Å². The van der Waals surface area contributed by atoms with E-state index in [1.807, 2.05) is 13.8 Å². The largest absolute Gasteiger partial charge is 0.462 e. The number of thiophene rings is 1. The maximum Gasteiger partial charge on any atom is 0.348 e. The van der Waals surface area contributed by atoms with Gasteiger partial charge in [0.15, 0.2) is 6.61 Å². The molecule has 1 aromatic carbocycles. The number of amides is 3. The third-order valence-corrected chi connectivity index (χ3v) is 6.98. The van der Waals surface area contributed by atoms with Gasteiger partial charge in [0.2, 0.25) is 0 Å². The Balaban J connectivity index is 1.77. The summed E-state index contributed by atoms with van der Waals surface area (Å²) in [6.07, 6.45) is 0.131. The van der Waals surface area contributed by atoms with Gasteiger partial charge in [-0.2, -0.15) is 0 Å². The van der Waals surface area contributed by atoms with E-state index in [-0.39, 0.29) is 57.7 Å². The summed E-state index contributed by atoms with van der Waals surface area (Å²) < 4.78 is 15.3. The van der Waals surface area contributed by atoms with Crippen LogP contribution in [0.5, 0.6) is 0 Å². The highest BCUT2D eigenvalue weighted by Gasteiger charge is 2.43. The molecule has 2 heterocycles. The van der Waals surface area contributed by atoms with Crippen LogP contribution in [0.2, 0.25) is 0 Å². The first-order chi connectivity index (χ1) is 18.5. The summed E-state index contributed by atoms with van der Waals surface area (Å²) in [6.45, 7) is 7.86. The van der Waals surface area contributed by atoms with Crippen molar-refractivity contribution in [3.8, 4) is 0 Å². The lowest BCUT2D eigenvalue weighted by molar-refractivity contribution is -0.151. The normalized spacial score (nSPS) is 13.2. The van der Waals surface area contributed by atoms with Crippen LogP contribution < -0.4 is 5.32 Å². The number of rotatable bonds is 11. The molecule has 0 saturated carbocycles. The first kappa shape index (κ1) is 29.5. The van der Waals surface area contributed by atoms with Crippen LogP contribution in [-0.4, -0.2) is 66.4 Å². The van der Waals surface area contributed by atoms with Crippen molar-refractivity contribution in [2.24, 2.45) is 5.92 Å². The highest BCUT2D eigenvalue weighted by molar-refractivity contribution is 7.18. The lowest BCUT2D eigenvalue weighted by atomic mass is 10.0. The standard InChI is InChI=1S/C27H30N2O9S/c1-6-36-26(34)20-15(5)21(27(35)37-7-2)39-22(20)28-19(30)13-38-25(33)18(12-14(3)4)29-23(31)16-10-8-9-11-17(16)24(29)32/h8-11,14,18H,6-7,12-13H2,1-5H3,(H,28,30)/t18-/m0/s1. The smallest absolute Gasteiger partial charge is 0.348 e. The number of benzene rings is 1. The van der Waals surface area contributed by atoms with Crippen molar-refractivity contribution in [3.63, 3.8) is 0 Å². The number of nitrogens with zero attached hydrogens (tertiary/aromatic N) is 1. The SMILES string of the molecule is CCOC(=O)c1sc(NC(=O)COC(=O)[C@H](CC(C)C)N2C(=O)c3ccccc3C2=O)c(C(=O)OCC)c1C. The summed E-state index contributed by atoms with van der Waals surface area (Å²) in [4.78, 5) is 77.6. The van der Waals surface area contributed by atoms with Crippen molar-refractivity contribution in [2.45, 2.75) is 47.1 Å². The van der Waals surface area contributed by atoms with Crippen LogP contribution in [0.25, 0.3) is 0 Å². The van der Waals surface area contributed by atoms with Gasteiger partial charge in [-0.1, -0.05) is 26.0 Å². The van der Waals surface area contributed by atoms with Crippen LogP contribution in [0.15, 0.2) is 24.3 Å². The molecule has 0 fully saturated rings. The minimum Gasteiger partial charge on any atom is -0.462 e. The van der Waals surface area contributed by atoms with Crippen molar-refractivity contribution in [2.75, 3.05) is 25.1 Å². The zero-order valence-electron chi connectivity index (χ0n) is 22.3. The average molecular weight is 559 g/mol. The van der Waals surface area contributed by atoms with Gasteiger partial charge < -0.3 is 19.5 Å². The first-order valence-corrected chi connectivity index (χ1v) is 13.2. The number of esters is 3. The second-order valence-electron chi connectivity index (χ2n) is 9.03. The van der Waals surface area contributed by atoms with Gasteiger partial charge in [0, 0.05) is 0 Å². The first-order valence-electron chi connectivity index (χ1n) is 12.4. The quantitative estimate of drug-likeness (QED) is 0.248. The molecule has 0 saturated heterocycles. The Morgan fingerprint density at radius 2 is 1.49 bits per heavy atom. The van der Waals surface area contributed by atoms with Gasteiger partial charge >= 0.3 is 17.9 Å². The third kappa shape index (κ3) is 6.33. The lowest BCUT2D eigenvalue weighted by Crippen LogP contribution is -2.46. The molecule has 1 aliphatic heterocycles. The second-order valence-corrected chi connectivity index (χ2v) is 10.0. The van der Waals surface area contributed by atoms with Crippen molar-refractivity contribution >= 4 is 52.0 Å². The topological polar surface area (TPSA) is 145 Å². The molecule has 0 unspecified atom stereocenters. The minimum absolute atomic E-state index is 0.00621. The van der Waals surface area contributed by atoms with E-state index in [1.165, 1.54) is 19.1 Å². The van der Waals surface area contributed by atoms with Crippen LogP contribution >= 0.6 is 11.3 Å². The molecule has 1 aromatic heterocycles. The van der Waals surface area contributed by atoms with E-state index in [2.05, 4.69) is 5.32 Å². The van der Waals surface area contributed by atoms with Crippen LogP contribution in [0.4, 0.5) is 5.00 Å². The number of fused-ring (bicyclic) bond motifs is 1. The number of carbonyl (C=O) groups excluding carboxylic acids is 6. The van der Waals surface area contributed by atoms with Crippen LogP contribution in [-0.2, 0) is 23.8 Å². The van der Waals surface area contributed by atoms with Gasteiger partial charge in [-0.05, 0) is 50.8 Å². The maximum atomic E-state index is 13.1. The van der Waals surface area contributed by atoms with Gasteiger partial charge in [-0.25, -0.2) is 14.4 Å². The van der Waals surface area contributed by atoms with Crippen molar-refractivity contribution < 1.29 is 43.0 Å². The van der Waals surface area contributed by atoms with Gasteiger partial charge in [0.25, 0.3) is 17.7 Å². The molecule has 0 bridgehead atoms. The predicted molar refractivity (Wildman–Crippen MR) is 141 cm³/mol. The molecule has 11 nitrogen and oxygen atoms in total. The van der Waals surface area contributed by atoms with Crippen molar-refractivity contribution in [1.29, 1.82) is 0 Å². The number of hydrogen-bond acceptors (Lipinski definition) is 10. The molecule has 0 spiro atoms. The molecule has 1 aliphatic rings. The molecular weight excluding hydrogens is 528 g/mol. The molecule has 208 valence electrons. The predicted octanol–water partition coefficient (Wildman–Crippen LogP) is 3.60. The van der Waals surface area contributed by atoms with E-state index < -0.39 is 48.3 Å². The summed E-state index contributed by atoms with van der Waals surface area (Å²) in [5, 5.41) is 2.53. The average Bonchev–Trinajstić information content (AvgIpc) is 3.34. The van der Waals surface area contributed by atoms with E-state index in [0.717, 1.165) is 16.2 Å². The molecule has 39 heavy (non-hydrogen) atoms. The number of carbonyl (C=O) groups is 6. The Kier molecular flexibility index (Phi) is 9.57. The zero-order chi connectivity index (χ0) is 28.9. The molecule has 1 atom stereocenters. The molecule has 3 amide bonds. The van der Waals surface area contributed by atoms with Crippen molar-refractivity contribution in [1.82, 2.24) is 4.90 Å². The van der Waals surface area contributed by atoms with Crippen LogP contribution in [0.1, 0.15) is 80.4 Å². The zero-order valence-corrected chi connectivity index (χ0v) is 23.1. The van der Waals surface area contributed by atoms with Crippen LogP contribution in [0.3, 0.4) is 0 Å². The molecular formula is C27H30N2O9S. The lowest BCUT2D eigenvalue weighted by Gasteiger charge is -2.25. The Morgan fingerprint density at radius 1 is 0.923 bits per heavy atom. The van der Waals surface area contributed by atoms with Crippen LogP contribution in [0, 0.1) is 12.8 Å². The Bertz CT molecular complexity index is 1280. The Morgan fingerprint density at radius 3 is 2.03 bits per heavy atom. The number of anilines is 1. The Labute approximate surface area is 229 Å². The number of hydrogen-bond donors (Lipinski definition) is 1. The molecule has 3 rings (SSSR count). The minimum atomic E-state index is -1.24. The third-order valence-electron chi connectivity index (χ3n) is 5.79. The fourth-order valence-corrected chi connectivity index (χ4v) is 5.19.